The molecular weight excluding hydrogens is 279 g/mol. The first kappa shape index (κ1) is 9.44. The summed E-state index contributed by atoms with van der Waals surface area (Å²) in [6.07, 6.45) is 0. The minimum absolute atomic E-state index is 0.544. The molecule has 0 spiro atoms. The second kappa shape index (κ2) is 2.94. The minimum Gasteiger partial charge on any atom is -0.423 e. The maximum absolute atomic E-state index is 5.64. The van der Waals surface area contributed by atoms with Crippen molar-refractivity contribution in [3.63, 3.8) is 0 Å². The first-order chi connectivity index (χ1) is 5.98. The molecule has 0 fully saturated rings. The van der Waals surface area contributed by atoms with Crippen molar-refractivity contribution in [1.29, 1.82) is 0 Å². The van der Waals surface area contributed by atoms with Crippen molar-refractivity contribution in [2.45, 2.75) is 11.6 Å². The molecule has 0 saturated heterocycles. The van der Waals surface area contributed by atoms with Crippen molar-refractivity contribution in [2.24, 2.45) is 0 Å². The van der Waals surface area contributed by atoms with Crippen LogP contribution in [0.3, 0.4) is 0 Å². The standard InChI is InChI=1S/C8H5BrCl2O2/c1-4-2-6-7(3-5(4)9)13-8(10,11)12-6/h2-3H,1H3. The van der Waals surface area contributed by atoms with Crippen LogP contribution in [0.2, 0.25) is 0 Å². The van der Waals surface area contributed by atoms with E-state index in [0.717, 1.165) is 10.0 Å². The maximum Gasteiger partial charge on any atom is 0.419 e. The number of benzene rings is 1. The lowest BCUT2D eigenvalue weighted by Crippen LogP contribution is -2.22. The molecule has 0 bridgehead atoms. The van der Waals surface area contributed by atoms with Gasteiger partial charge in [-0.15, -0.1) is 0 Å². The largest absolute Gasteiger partial charge is 0.423 e. The topological polar surface area (TPSA) is 18.5 Å². The van der Waals surface area contributed by atoms with E-state index in [2.05, 4.69) is 15.9 Å². The highest BCUT2D eigenvalue weighted by molar-refractivity contribution is 9.10. The molecule has 2 rings (SSSR count). The highest BCUT2D eigenvalue weighted by Crippen LogP contribution is 2.45. The average Bonchev–Trinajstić information content (AvgIpc) is 2.24. The monoisotopic (exact) mass is 282 g/mol. The van der Waals surface area contributed by atoms with Crippen LogP contribution in [0.25, 0.3) is 0 Å². The zero-order chi connectivity index (χ0) is 9.64. The molecule has 1 aromatic rings. The zero-order valence-electron chi connectivity index (χ0n) is 6.61. The maximum atomic E-state index is 5.64. The van der Waals surface area contributed by atoms with Gasteiger partial charge in [-0.1, -0.05) is 15.9 Å². The smallest absolute Gasteiger partial charge is 0.419 e. The molecule has 0 amide bonds. The molecule has 1 aliphatic heterocycles. The summed E-state index contributed by atoms with van der Waals surface area (Å²) < 4.78 is 9.57. The quantitative estimate of drug-likeness (QED) is 0.677. The van der Waals surface area contributed by atoms with Crippen molar-refractivity contribution >= 4 is 39.1 Å². The van der Waals surface area contributed by atoms with Crippen LogP contribution < -0.4 is 9.47 Å². The molecule has 1 heterocycles. The van der Waals surface area contributed by atoms with Crippen LogP contribution in [0.15, 0.2) is 16.6 Å². The van der Waals surface area contributed by atoms with Gasteiger partial charge >= 0.3 is 4.71 Å². The van der Waals surface area contributed by atoms with Crippen molar-refractivity contribution in [1.82, 2.24) is 0 Å². The Balaban J connectivity index is 2.48. The van der Waals surface area contributed by atoms with Gasteiger partial charge in [-0.25, -0.2) is 0 Å². The third-order valence-electron chi connectivity index (χ3n) is 1.68. The summed E-state index contributed by atoms with van der Waals surface area (Å²) in [5.74, 6) is 1.10. The van der Waals surface area contributed by atoms with Gasteiger partial charge in [-0.2, -0.15) is 0 Å². The second-order valence-corrected chi connectivity index (χ2v) is 4.76. The Morgan fingerprint density at radius 2 is 1.77 bits per heavy atom. The fraction of sp³-hybridized carbons (Fsp3) is 0.250. The molecule has 5 heteroatoms. The average molecular weight is 284 g/mol. The molecule has 1 aromatic carbocycles. The van der Waals surface area contributed by atoms with Gasteiger partial charge in [0.05, 0.1) is 0 Å². The van der Waals surface area contributed by atoms with Gasteiger partial charge in [0, 0.05) is 4.47 Å². The Morgan fingerprint density at radius 1 is 1.23 bits per heavy atom. The van der Waals surface area contributed by atoms with E-state index in [1.54, 1.807) is 6.07 Å². The highest BCUT2D eigenvalue weighted by atomic mass is 79.9. The first-order valence-electron chi connectivity index (χ1n) is 3.54. The Morgan fingerprint density at radius 3 is 2.38 bits per heavy atom. The summed E-state index contributed by atoms with van der Waals surface area (Å²) in [5.41, 5.74) is 1.04. The third kappa shape index (κ3) is 1.73. The Labute approximate surface area is 93.9 Å². The zero-order valence-corrected chi connectivity index (χ0v) is 9.70. The molecule has 0 saturated carbocycles. The molecule has 2 nitrogen and oxygen atoms in total. The summed E-state index contributed by atoms with van der Waals surface area (Å²) >= 11 is 14.7. The number of alkyl halides is 2. The van der Waals surface area contributed by atoms with Gasteiger partial charge in [0.15, 0.2) is 11.5 Å². The third-order valence-corrected chi connectivity index (χ3v) is 2.85. The second-order valence-electron chi connectivity index (χ2n) is 2.72. The summed E-state index contributed by atoms with van der Waals surface area (Å²) in [5, 5.41) is 0. The van der Waals surface area contributed by atoms with Crippen LogP contribution in [0.5, 0.6) is 11.5 Å². The number of hydrogen-bond donors (Lipinski definition) is 0. The summed E-state index contributed by atoms with van der Waals surface area (Å²) in [6.45, 7) is 1.94. The lowest BCUT2D eigenvalue weighted by Gasteiger charge is -2.09. The van der Waals surface area contributed by atoms with E-state index in [0.29, 0.717) is 11.5 Å². The number of fused-ring (bicyclic) bond motifs is 1. The number of aryl methyl sites for hydroxylation is 1. The van der Waals surface area contributed by atoms with Crippen LogP contribution in [0.1, 0.15) is 5.56 Å². The van der Waals surface area contributed by atoms with E-state index in [9.17, 15) is 0 Å². The van der Waals surface area contributed by atoms with Crippen LogP contribution in [-0.2, 0) is 0 Å². The van der Waals surface area contributed by atoms with E-state index in [4.69, 9.17) is 32.7 Å². The highest BCUT2D eigenvalue weighted by Gasteiger charge is 2.37. The molecule has 0 atom stereocenters. The van der Waals surface area contributed by atoms with Crippen molar-refractivity contribution in [3.05, 3.63) is 22.2 Å². The Kier molecular flexibility index (Phi) is 2.13. The molecule has 0 N–H and O–H groups in total. The lowest BCUT2D eigenvalue weighted by molar-refractivity contribution is 0.0849. The van der Waals surface area contributed by atoms with Crippen molar-refractivity contribution in [3.8, 4) is 11.5 Å². The fourth-order valence-electron chi connectivity index (χ4n) is 1.07. The van der Waals surface area contributed by atoms with Gasteiger partial charge in [0.2, 0.25) is 0 Å². The van der Waals surface area contributed by atoms with Crippen molar-refractivity contribution < 1.29 is 9.47 Å². The van der Waals surface area contributed by atoms with Gasteiger partial charge in [0.1, 0.15) is 0 Å². The normalized spacial score (nSPS) is 17.5. The lowest BCUT2D eigenvalue weighted by atomic mass is 10.2. The van der Waals surface area contributed by atoms with E-state index in [1.165, 1.54) is 0 Å². The summed E-state index contributed by atoms with van der Waals surface area (Å²) in [7, 11) is 0. The SMILES string of the molecule is Cc1cc2c(cc1Br)OC(Cl)(Cl)O2. The van der Waals surface area contributed by atoms with Gasteiger partial charge in [-0.05, 0) is 47.8 Å². The molecule has 0 aromatic heterocycles. The predicted octanol–water partition coefficient (Wildman–Crippen LogP) is 3.62. The Bertz CT molecular complexity index is 332. The van der Waals surface area contributed by atoms with Gasteiger partial charge < -0.3 is 9.47 Å². The number of hydrogen-bond acceptors (Lipinski definition) is 2. The van der Waals surface area contributed by atoms with Crippen LogP contribution in [0.4, 0.5) is 0 Å². The van der Waals surface area contributed by atoms with Crippen molar-refractivity contribution in [2.75, 3.05) is 0 Å². The number of rotatable bonds is 0. The van der Waals surface area contributed by atoms with Gasteiger partial charge in [0.25, 0.3) is 0 Å². The molecule has 13 heavy (non-hydrogen) atoms. The molecule has 1 aliphatic rings. The van der Waals surface area contributed by atoms with Crippen LogP contribution in [-0.4, -0.2) is 4.71 Å². The van der Waals surface area contributed by atoms with E-state index >= 15 is 0 Å². The molecule has 0 radical (unpaired) electrons. The van der Waals surface area contributed by atoms with E-state index in [1.807, 2.05) is 13.0 Å². The molecular formula is C8H5BrCl2O2. The number of halogens is 3. The van der Waals surface area contributed by atoms with Crippen LogP contribution in [0, 0.1) is 6.92 Å². The van der Waals surface area contributed by atoms with E-state index in [-0.39, 0.29) is 0 Å². The number of ether oxygens (including phenoxy) is 2. The molecule has 0 aliphatic carbocycles. The minimum atomic E-state index is -1.59. The van der Waals surface area contributed by atoms with E-state index < -0.39 is 4.71 Å². The van der Waals surface area contributed by atoms with Gasteiger partial charge in [-0.3, -0.25) is 0 Å². The first-order valence-corrected chi connectivity index (χ1v) is 5.09. The summed E-state index contributed by atoms with van der Waals surface area (Å²) in [4.78, 5) is 0. The molecule has 70 valence electrons. The molecule has 0 unspecified atom stereocenters. The summed E-state index contributed by atoms with van der Waals surface area (Å²) in [6, 6.07) is 3.59. The van der Waals surface area contributed by atoms with Crippen LogP contribution >= 0.6 is 39.1 Å². The fourth-order valence-corrected chi connectivity index (χ4v) is 1.73. The predicted molar refractivity (Wildman–Crippen MR) is 54.6 cm³/mol. The Hall–Kier alpha value is -0.120.